The van der Waals surface area contributed by atoms with Crippen LogP contribution in [0, 0.1) is 0 Å². The largest absolute Gasteiger partial charge is 0.492 e. The third kappa shape index (κ3) is 4.83. The standard InChI is InChI=1S/C9H13BF3N2/c1-2-15(8-10(11,12)13)7-9-3-5-14-6-4-9/h3-6H,2,7-8H2,1H3/q-1. The molecule has 0 spiro atoms. The molecule has 6 heteroatoms. The molecule has 0 saturated heterocycles. The van der Waals surface area contributed by atoms with Crippen molar-refractivity contribution in [1.29, 1.82) is 0 Å². The number of hydrogen-bond donors (Lipinski definition) is 0. The predicted molar refractivity (Wildman–Crippen MR) is 54.3 cm³/mol. The Balaban J connectivity index is 2.55. The Kier molecular flexibility index (Phi) is 4.14. The van der Waals surface area contributed by atoms with Crippen molar-refractivity contribution in [2.45, 2.75) is 13.5 Å². The maximum atomic E-state index is 12.2. The molecule has 0 unspecified atom stereocenters. The highest BCUT2D eigenvalue weighted by Crippen LogP contribution is 2.12. The summed E-state index contributed by atoms with van der Waals surface area (Å²) in [6.45, 7) is -2.31. The fraction of sp³-hybridized carbons (Fsp3) is 0.444. The average Bonchev–Trinajstić information content (AvgIpc) is 2.16. The van der Waals surface area contributed by atoms with E-state index >= 15 is 0 Å². The van der Waals surface area contributed by atoms with Gasteiger partial charge in [-0.1, -0.05) is 6.92 Å². The van der Waals surface area contributed by atoms with E-state index in [0.717, 1.165) is 5.56 Å². The van der Waals surface area contributed by atoms with Crippen LogP contribution >= 0.6 is 0 Å². The first-order valence-corrected chi connectivity index (χ1v) is 4.83. The smallest absolute Gasteiger partial charge is 0.448 e. The molecule has 0 bridgehead atoms. The van der Waals surface area contributed by atoms with E-state index in [0.29, 0.717) is 13.1 Å². The number of halogens is 3. The van der Waals surface area contributed by atoms with Gasteiger partial charge in [0.1, 0.15) is 0 Å². The van der Waals surface area contributed by atoms with Crippen LogP contribution in [0.1, 0.15) is 12.5 Å². The van der Waals surface area contributed by atoms with Crippen LogP contribution in [0.5, 0.6) is 0 Å². The van der Waals surface area contributed by atoms with Gasteiger partial charge in [0.25, 0.3) is 0 Å². The second-order valence-electron chi connectivity index (χ2n) is 3.39. The van der Waals surface area contributed by atoms with Crippen LogP contribution in [0.3, 0.4) is 0 Å². The van der Waals surface area contributed by atoms with Crippen molar-refractivity contribution < 1.29 is 12.9 Å². The van der Waals surface area contributed by atoms with Crippen LogP contribution < -0.4 is 0 Å². The molecule has 1 aromatic rings. The molecule has 0 aliphatic rings. The lowest BCUT2D eigenvalue weighted by Crippen LogP contribution is -2.37. The van der Waals surface area contributed by atoms with Crippen LogP contribution in [0.4, 0.5) is 12.9 Å². The molecule has 1 aromatic heterocycles. The summed E-state index contributed by atoms with van der Waals surface area (Å²) in [5.41, 5.74) is 0.854. The molecular formula is C9H13BF3N2-. The van der Waals surface area contributed by atoms with E-state index in [-0.39, 0.29) is 0 Å². The Morgan fingerprint density at radius 1 is 1.27 bits per heavy atom. The third-order valence-electron chi connectivity index (χ3n) is 2.07. The number of nitrogens with zero attached hydrogens (tertiary/aromatic N) is 2. The SMILES string of the molecule is CCN(Cc1ccncc1)C[B-](F)(F)F. The third-order valence-corrected chi connectivity index (χ3v) is 2.07. The van der Waals surface area contributed by atoms with Crippen LogP contribution in [0.2, 0.25) is 0 Å². The molecule has 0 amide bonds. The quantitative estimate of drug-likeness (QED) is 0.703. The number of aromatic nitrogens is 1. The first kappa shape index (κ1) is 12.0. The van der Waals surface area contributed by atoms with E-state index in [2.05, 4.69) is 4.98 Å². The summed E-state index contributed by atoms with van der Waals surface area (Å²) in [6, 6.07) is 3.46. The highest BCUT2D eigenvalue weighted by Gasteiger charge is 2.25. The number of pyridine rings is 1. The van der Waals surface area contributed by atoms with Crippen molar-refractivity contribution in [3.8, 4) is 0 Å². The van der Waals surface area contributed by atoms with E-state index < -0.39 is 13.4 Å². The minimum absolute atomic E-state index is 0.320. The van der Waals surface area contributed by atoms with Gasteiger partial charge in [-0.05, 0) is 30.7 Å². The number of rotatable bonds is 5. The summed E-state index contributed by atoms with van der Waals surface area (Å²) in [6.07, 6.45) is 2.36. The van der Waals surface area contributed by atoms with Crippen molar-refractivity contribution in [2.75, 3.05) is 13.0 Å². The monoisotopic (exact) mass is 217 g/mol. The van der Waals surface area contributed by atoms with Crippen molar-refractivity contribution in [1.82, 2.24) is 9.88 Å². The van der Waals surface area contributed by atoms with Gasteiger partial charge in [0.2, 0.25) is 0 Å². The van der Waals surface area contributed by atoms with Crippen molar-refractivity contribution in [3.63, 3.8) is 0 Å². The zero-order valence-electron chi connectivity index (χ0n) is 8.54. The molecule has 0 N–H and O–H groups in total. The molecule has 2 nitrogen and oxygen atoms in total. The Labute approximate surface area is 87.2 Å². The molecule has 84 valence electrons. The maximum Gasteiger partial charge on any atom is 0.492 e. The van der Waals surface area contributed by atoms with Gasteiger partial charge in [-0.2, -0.15) is 0 Å². The Hall–Kier alpha value is -1.04. The molecule has 0 fully saturated rings. The molecule has 0 aromatic carbocycles. The Morgan fingerprint density at radius 2 is 1.87 bits per heavy atom. The molecule has 0 saturated carbocycles. The highest BCUT2D eigenvalue weighted by molar-refractivity contribution is 6.58. The zero-order valence-corrected chi connectivity index (χ0v) is 8.54. The van der Waals surface area contributed by atoms with Gasteiger partial charge < -0.3 is 17.8 Å². The van der Waals surface area contributed by atoms with Gasteiger partial charge in [0.15, 0.2) is 0 Å². The highest BCUT2D eigenvalue weighted by atomic mass is 19.4. The molecule has 0 radical (unpaired) electrons. The van der Waals surface area contributed by atoms with Gasteiger partial charge in [0.05, 0.1) is 0 Å². The molecule has 15 heavy (non-hydrogen) atoms. The van der Waals surface area contributed by atoms with Crippen molar-refractivity contribution >= 4 is 6.98 Å². The van der Waals surface area contributed by atoms with Crippen molar-refractivity contribution in [3.05, 3.63) is 30.1 Å². The van der Waals surface area contributed by atoms with E-state index in [4.69, 9.17) is 0 Å². The predicted octanol–water partition coefficient (Wildman–Crippen LogP) is 2.29. The summed E-state index contributed by atoms with van der Waals surface area (Å²) in [7, 11) is 0. The van der Waals surface area contributed by atoms with E-state index in [9.17, 15) is 12.9 Å². The number of hydrogen-bond acceptors (Lipinski definition) is 2. The van der Waals surface area contributed by atoms with E-state index in [1.54, 1.807) is 31.5 Å². The molecule has 1 heterocycles. The molecule has 1 rings (SSSR count). The molecular weight excluding hydrogens is 204 g/mol. The lowest BCUT2D eigenvalue weighted by atomic mass is 9.91. The molecule has 0 aliphatic heterocycles. The topological polar surface area (TPSA) is 16.1 Å². The summed E-state index contributed by atoms with van der Waals surface area (Å²) in [5, 5.41) is 0. The fourth-order valence-corrected chi connectivity index (χ4v) is 1.34. The maximum absolute atomic E-state index is 12.2. The van der Waals surface area contributed by atoms with E-state index in [1.165, 1.54) is 4.90 Å². The Morgan fingerprint density at radius 3 is 2.33 bits per heavy atom. The normalized spacial score (nSPS) is 12.1. The van der Waals surface area contributed by atoms with Crippen LogP contribution in [-0.2, 0) is 6.54 Å². The second-order valence-corrected chi connectivity index (χ2v) is 3.39. The van der Waals surface area contributed by atoms with Gasteiger partial charge in [-0.25, -0.2) is 0 Å². The van der Waals surface area contributed by atoms with Crippen LogP contribution in [0.25, 0.3) is 0 Å². The van der Waals surface area contributed by atoms with E-state index in [1.807, 2.05) is 0 Å². The first-order valence-electron chi connectivity index (χ1n) is 4.83. The van der Waals surface area contributed by atoms with Gasteiger partial charge in [-0.15, -0.1) is 0 Å². The summed E-state index contributed by atoms with van der Waals surface area (Å²) in [4.78, 5) is 5.19. The second kappa shape index (κ2) is 5.16. The van der Waals surface area contributed by atoms with Gasteiger partial charge in [0, 0.05) is 18.9 Å². The average molecular weight is 217 g/mol. The molecule has 0 aliphatic carbocycles. The summed E-state index contributed by atoms with van der Waals surface area (Å²) < 4.78 is 36.6. The lowest BCUT2D eigenvalue weighted by Gasteiger charge is -2.26. The summed E-state index contributed by atoms with van der Waals surface area (Å²) in [5.74, 6) is 0. The van der Waals surface area contributed by atoms with Crippen LogP contribution in [0.15, 0.2) is 24.5 Å². The zero-order chi connectivity index (χ0) is 11.3. The molecule has 0 atom stereocenters. The van der Waals surface area contributed by atoms with Crippen LogP contribution in [-0.4, -0.2) is 29.9 Å². The van der Waals surface area contributed by atoms with Crippen molar-refractivity contribution in [2.24, 2.45) is 0 Å². The first-order chi connectivity index (χ1) is 7.01. The van der Waals surface area contributed by atoms with Gasteiger partial charge in [-0.3, -0.25) is 4.98 Å². The minimum Gasteiger partial charge on any atom is -0.448 e. The Bertz CT molecular complexity index is 289. The minimum atomic E-state index is -4.74. The summed E-state index contributed by atoms with van der Waals surface area (Å²) >= 11 is 0. The van der Waals surface area contributed by atoms with Gasteiger partial charge >= 0.3 is 6.98 Å². The lowest BCUT2D eigenvalue weighted by molar-refractivity contribution is 0.284. The fourth-order valence-electron chi connectivity index (χ4n) is 1.34.